The number of aromatic nitrogens is 2. The summed E-state index contributed by atoms with van der Waals surface area (Å²) < 4.78 is 10.6. The number of benzene rings is 1. The molecule has 1 fully saturated rings. The van der Waals surface area contributed by atoms with Gasteiger partial charge in [-0.15, -0.1) is 0 Å². The highest BCUT2D eigenvalue weighted by molar-refractivity contribution is 5.55. The first kappa shape index (κ1) is 11.2. The Kier molecular flexibility index (Phi) is 2.98. The first-order chi connectivity index (χ1) is 8.85. The van der Waals surface area contributed by atoms with E-state index in [1.807, 2.05) is 24.3 Å². The molecule has 1 aromatic heterocycles. The number of hydrogen-bond acceptors (Lipinski definition) is 5. The molecular formula is C13H15N3O2. The number of hydrogen-bond donors (Lipinski definition) is 1. The molecule has 0 radical (unpaired) electrons. The molecule has 1 heterocycles. The Bertz CT molecular complexity index is 517. The average Bonchev–Trinajstić information content (AvgIpc) is 3.12. The molecule has 1 aromatic carbocycles. The second-order valence-electron chi connectivity index (χ2n) is 4.49. The maximum absolute atomic E-state index is 5.66. The first-order valence-electron chi connectivity index (χ1n) is 6.11. The van der Waals surface area contributed by atoms with Gasteiger partial charge in [-0.2, -0.15) is 4.98 Å². The summed E-state index contributed by atoms with van der Waals surface area (Å²) in [5.41, 5.74) is 6.32. The van der Waals surface area contributed by atoms with Crippen LogP contribution in [0.5, 0.6) is 5.75 Å². The normalized spacial score (nSPS) is 14.7. The lowest BCUT2D eigenvalue weighted by Gasteiger charge is -2.04. The van der Waals surface area contributed by atoms with Gasteiger partial charge in [-0.05, 0) is 43.0 Å². The minimum atomic E-state index is 0.260. The van der Waals surface area contributed by atoms with E-state index < -0.39 is 0 Å². The summed E-state index contributed by atoms with van der Waals surface area (Å²) >= 11 is 0. The standard InChI is InChI=1S/C13H15N3O2/c14-7-12-15-13(16-18-12)10-3-5-11(6-4-10)17-8-9-1-2-9/h3-6,9H,1-2,7-8,14H2. The minimum Gasteiger partial charge on any atom is -0.493 e. The van der Waals surface area contributed by atoms with E-state index in [-0.39, 0.29) is 6.54 Å². The summed E-state index contributed by atoms with van der Waals surface area (Å²) in [5.74, 6) is 2.64. The van der Waals surface area contributed by atoms with Crippen LogP contribution in [-0.4, -0.2) is 16.7 Å². The van der Waals surface area contributed by atoms with Crippen LogP contribution in [0.25, 0.3) is 11.4 Å². The molecule has 1 aliphatic rings. The second kappa shape index (κ2) is 4.78. The van der Waals surface area contributed by atoms with Crippen LogP contribution in [0.3, 0.4) is 0 Å². The van der Waals surface area contributed by atoms with Crippen LogP contribution < -0.4 is 10.5 Å². The SMILES string of the molecule is NCc1nc(-c2ccc(OCC3CC3)cc2)no1. The van der Waals surface area contributed by atoms with E-state index in [1.165, 1.54) is 12.8 Å². The fourth-order valence-electron chi connectivity index (χ4n) is 1.65. The molecule has 0 saturated heterocycles. The molecule has 94 valence electrons. The summed E-state index contributed by atoms with van der Waals surface area (Å²) in [6, 6.07) is 7.70. The van der Waals surface area contributed by atoms with E-state index in [9.17, 15) is 0 Å². The molecule has 0 amide bonds. The Morgan fingerprint density at radius 2 is 2.06 bits per heavy atom. The van der Waals surface area contributed by atoms with Gasteiger partial charge >= 0.3 is 0 Å². The van der Waals surface area contributed by atoms with Crippen LogP contribution in [0.4, 0.5) is 0 Å². The molecule has 18 heavy (non-hydrogen) atoms. The summed E-state index contributed by atoms with van der Waals surface area (Å²) in [4.78, 5) is 4.17. The highest BCUT2D eigenvalue weighted by atomic mass is 16.5. The predicted molar refractivity (Wildman–Crippen MR) is 65.8 cm³/mol. The number of ether oxygens (including phenoxy) is 1. The minimum absolute atomic E-state index is 0.260. The van der Waals surface area contributed by atoms with Gasteiger partial charge < -0.3 is 15.0 Å². The number of rotatable bonds is 5. The van der Waals surface area contributed by atoms with E-state index in [0.29, 0.717) is 11.7 Å². The smallest absolute Gasteiger partial charge is 0.240 e. The molecule has 1 aliphatic carbocycles. The lowest BCUT2D eigenvalue weighted by Crippen LogP contribution is -1.98. The lowest BCUT2D eigenvalue weighted by atomic mass is 10.2. The molecule has 2 N–H and O–H groups in total. The average molecular weight is 245 g/mol. The zero-order valence-electron chi connectivity index (χ0n) is 10.0. The Morgan fingerprint density at radius 1 is 1.28 bits per heavy atom. The van der Waals surface area contributed by atoms with Crippen molar-refractivity contribution in [1.29, 1.82) is 0 Å². The van der Waals surface area contributed by atoms with Gasteiger partial charge in [-0.25, -0.2) is 0 Å². The molecule has 5 nitrogen and oxygen atoms in total. The van der Waals surface area contributed by atoms with Crippen molar-refractivity contribution in [1.82, 2.24) is 10.1 Å². The first-order valence-corrected chi connectivity index (χ1v) is 6.11. The van der Waals surface area contributed by atoms with Crippen molar-refractivity contribution in [2.75, 3.05) is 6.61 Å². The number of nitrogens with two attached hydrogens (primary N) is 1. The van der Waals surface area contributed by atoms with Crippen molar-refractivity contribution in [3.8, 4) is 17.1 Å². The zero-order valence-corrected chi connectivity index (χ0v) is 10.0. The fraction of sp³-hybridized carbons (Fsp3) is 0.385. The maximum Gasteiger partial charge on any atom is 0.240 e. The van der Waals surface area contributed by atoms with Crippen LogP contribution in [0.2, 0.25) is 0 Å². The largest absolute Gasteiger partial charge is 0.493 e. The molecule has 0 unspecified atom stereocenters. The van der Waals surface area contributed by atoms with Gasteiger partial charge in [0.05, 0.1) is 13.2 Å². The molecule has 1 saturated carbocycles. The number of nitrogens with zero attached hydrogens (tertiary/aromatic N) is 2. The van der Waals surface area contributed by atoms with Gasteiger partial charge in [0.2, 0.25) is 11.7 Å². The monoisotopic (exact) mass is 245 g/mol. The third-order valence-electron chi connectivity index (χ3n) is 2.94. The van der Waals surface area contributed by atoms with E-state index >= 15 is 0 Å². The molecule has 5 heteroatoms. The summed E-state index contributed by atoms with van der Waals surface area (Å²) in [5, 5.41) is 3.86. The summed E-state index contributed by atoms with van der Waals surface area (Å²) in [6.45, 7) is 1.08. The van der Waals surface area contributed by atoms with E-state index in [1.54, 1.807) is 0 Å². The predicted octanol–water partition coefficient (Wildman–Crippen LogP) is 1.98. The van der Waals surface area contributed by atoms with Crippen molar-refractivity contribution in [3.05, 3.63) is 30.2 Å². The Hall–Kier alpha value is -1.88. The topological polar surface area (TPSA) is 74.2 Å². The zero-order chi connectivity index (χ0) is 12.4. The van der Waals surface area contributed by atoms with Crippen LogP contribution in [0, 0.1) is 5.92 Å². The Morgan fingerprint density at radius 3 is 2.67 bits per heavy atom. The van der Waals surface area contributed by atoms with E-state index in [2.05, 4.69) is 10.1 Å². The quantitative estimate of drug-likeness (QED) is 0.871. The summed E-state index contributed by atoms with van der Waals surface area (Å²) in [6.07, 6.45) is 2.59. The highest BCUT2D eigenvalue weighted by Gasteiger charge is 2.21. The van der Waals surface area contributed by atoms with E-state index in [0.717, 1.165) is 23.8 Å². The van der Waals surface area contributed by atoms with Gasteiger partial charge in [0.15, 0.2) is 0 Å². The van der Waals surface area contributed by atoms with Crippen LogP contribution in [0.1, 0.15) is 18.7 Å². The van der Waals surface area contributed by atoms with Crippen LogP contribution in [0.15, 0.2) is 28.8 Å². The molecule has 0 aliphatic heterocycles. The third kappa shape index (κ3) is 2.51. The lowest BCUT2D eigenvalue weighted by molar-refractivity contribution is 0.300. The Balaban J connectivity index is 1.69. The molecule has 2 aromatic rings. The van der Waals surface area contributed by atoms with E-state index in [4.69, 9.17) is 15.0 Å². The van der Waals surface area contributed by atoms with Gasteiger partial charge in [-0.3, -0.25) is 0 Å². The van der Waals surface area contributed by atoms with Gasteiger partial charge in [-0.1, -0.05) is 5.16 Å². The van der Waals surface area contributed by atoms with Crippen molar-refractivity contribution < 1.29 is 9.26 Å². The van der Waals surface area contributed by atoms with Crippen molar-refractivity contribution in [2.24, 2.45) is 11.7 Å². The Labute approximate surface area is 105 Å². The fourth-order valence-corrected chi connectivity index (χ4v) is 1.65. The van der Waals surface area contributed by atoms with Crippen molar-refractivity contribution in [2.45, 2.75) is 19.4 Å². The maximum atomic E-state index is 5.66. The van der Waals surface area contributed by atoms with Gasteiger partial charge in [0, 0.05) is 5.56 Å². The molecule has 0 spiro atoms. The van der Waals surface area contributed by atoms with Crippen molar-refractivity contribution >= 4 is 0 Å². The third-order valence-corrected chi connectivity index (χ3v) is 2.94. The van der Waals surface area contributed by atoms with Gasteiger partial charge in [0.1, 0.15) is 5.75 Å². The van der Waals surface area contributed by atoms with Gasteiger partial charge in [0.25, 0.3) is 0 Å². The molecule has 3 rings (SSSR count). The van der Waals surface area contributed by atoms with Crippen LogP contribution >= 0.6 is 0 Å². The van der Waals surface area contributed by atoms with Crippen LogP contribution in [-0.2, 0) is 6.54 Å². The highest BCUT2D eigenvalue weighted by Crippen LogP contribution is 2.29. The summed E-state index contributed by atoms with van der Waals surface area (Å²) in [7, 11) is 0. The van der Waals surface area contributed by atoms with Crippen molar-refractivity contribution in [3.63, 3.8) is 0 Å². The second-order valence-corrected chi connectivity index (χ2v) is 4.49. The molecule has 0 atom stereocenters. The molecular weight excluding hydrogens is 230 g/mol. The molecule has 0 bridgehead atoms.